The van der Waals surface area contributed by atoms with Crippen LogP contribution >= 0.6 is 24.0 Å². The molecule has 0 unspecified atom stereocenters. The SMILES string of the molecule is CN1CCN(C(=O)CN2C(=O)/C(=C/C=C/c3ccccc3)SC2=S)CC1. The lowest BCUT2D eigenvalue weighted by molar-refractivity contribution is -0.136. The standard InChI is InChI=1S/C19H21N3O2S2/c1-20-10-12-21(13-11-20)17(23)14-22-18(24)16(26-19(22)25)9-5-8-15-6-3-2-4-7-15/h2-9H,10-14H2,1H3/b8-5+,16-9-. The van der Waals surface area contributed by atoms with Crippen LogP contribution in [-0.2, 0) is 9.59 Å². The number of hydrogen-bond donors (Lipinski definition) is 0. The van der Waals surface area contributed by atoms with Crippen LogP contribution in [0.25, 0.3) is 6.08 Å². The topological polar surface area (TPSA) is 43.9 Å². The summed E-state index contributed by atoms with van der Waals surface area (Å²) in [5.74, 6) is -0.240. The molecule has 0 N–H and O–H groups in total. The van der Waals surface area contributed by atoms with E-state index in [1.165, 1.54) is 16.7 Å². The van der Waals surface area contributed by atoms with Crippen molar-refractivity contribution < 1.29 is 9.59 Å². The number of nitrogens with zero attached hydrogens (tertiary/aromatic N) is 3. The number of rotatable bonds is 4. The number of piperazine rings is 1. The summed E-state index contributed by atoms with van der Waals surface area (Å²) in [7, 11) is 2.04. The summed E-state index contributed by atoms with van der Waals surface area (Å²) in [4.78, 5) is 31.0. The van der Waals surface area contributed by atoms with E-state index in [2.05, 4.69) is 4.90 Å². The van der Waals surface area contributed by atoms with Crippen molar-refractivity contribution in [2.45, 2.75) is 0 Å². The molecule has 2 heterocycles. The molecule has 0 spiro atoms. The van der Waals surface area contributed by atoms with Gasteiger partial charge in [-0.15, -0.1) is 0 Å². The fourth-order valence-electron chi connectivity index (χ4n) is 2.75. The van der Waals surface area contributed by atoms with Gasteiger partial charge in [0.05, 0.1) is 4.91 Å². The van der Waals surface area contributed by atoms with Crippen LogP contribution in [0.2, 0.25) is 0 Å². The van der Waals surface area contributed by atoms with E-state index in [0.717, 1.165) is 18.7 Å². The van der Waals surface area contributed by atoms with E-state index in [0.29, 0.717) is 22.3 Å². The third-order valence-electron chi connectivity index (χ3n) is 4.36. The van der Waals surface area contributed by atoms with Gasteiger partial charge in [0, 0.05) is 26.2 Å². The highest BCUT2D eigenvalue weighted by atomic mass is 32.2. The largest absolute Gasteiger partial charge is 0.339 e. The Bertz CT molecular complexity index is 753. The Balaban J connectivity index is 1.60. The Morgan fingerprint density at radius 3 is 2.58 bits per heavy atom. The normalized spacial score (nSPS) is 20.6. The Morgan fingerprint density at radius 1 is 1.19 bits per heavy atom. The summed E-state index contributed by atoms with van der Waals surface area (Å²) in [6.45, 7) is 3.12. The second-order valence-electron chi connectivity index (χ2n) is 6.24. The number of hydrogen-bond acceptors (Lipinski definition) is 5. The second kappa shape index (κ2) is 8.62. The summed E-state index contributed by atoms with van der Waals surface area (Å²) in [6.07, 6.45) is 5.53. The first-order valence-electron chi connectivity index (χ1n) is 8.48. The van der Waals surface area contributed by atoms with Crippen molar-refractivity contribution in [2.24, 2.45) is 0 Å². The number of thiocarbonyl (C=S) groups is 1. The van der Waals surface area contributed by atoms with Gasteiger partial charge in [-0.25, -0.2) is 0 Å². The number of carbonyl (C=O) groups excluding carboxylic acids is 2. The molecule has 0 aliphatic carbocycles. The summed E-state index contributed by atoms with van der Waals surface area (Å²) in [5.41, 5.74) is 1.06. The quantitative estimate of drug-likeness (QED) is 0.586. The first-order chi connectivity index (χ1) is 12.5. The summed E-state index contributed by atoms with van der Waals surface area (Å²) >= 11 is 6.55. The minimum absolute atomic E-state index is 0.0219. The molecule has 0 atom stereocenters. The molecule has 0 aromatic heterocycles. The summed E-state index contributed by atoms with van der Waals surface area (Å²) in [5, 5.41) is 0. The van der Waals surface area contributed by atoms with Gasteiger partial charge in [0.1, 0.15) is 10.9 Å². The maximum atomic E-state index is 12.6. The van der Waals surface area contributed by atoms with Gasteiger partial charge >= 0.3 is 0 Å². The first kappa shape index (κ1) is 18.8. The monoisotopic (exact) mass is 387 g/mol. The van der Waals surface area contributed by atoms with Gasteiger partial charge < -0.3 is 9.80 Å². The molecule has 2 fully saturated rings. The van der Waals surface area contributed by atoms with E-state index in [4.69, 9.17) is 12.2 Å². The molecule has 2 aliphatic rings. The predicted octanol–water partition coefficient (Wildman–Crippen LogP) is 2.22. The lowest BCUT2D eigenvalue weighted by Gasteiger charge is -2.33. The summed E-state index contributed by atoms with van der Waals surface area (Å²) < 4.78 is 0.442. The van der Waals surface area contributed by atoms with Gasteiger partial charge in [0.25, 0.3) is 5.91 Å². The second-order valence-corrected chi connectivity index (χ2v) is 7.92. The number of amides is 2. The number of thioether (sulfide) groups is 1. The highest BCUT2D eigenvalue weighted by Gasteiger charge is 2.34. The van der Waals surface area contributed by atoms with Crippen LogP contribution in [-0.4, -0.2) is 70.6 Å². The highest BCUT2D eigenvalue weighted by Crippen LogP contribution is 2.31. The van der Waals surface area contributed by atoms with Crippen molar-refractivity contribution in [1.29, 1.82) is 0 Å². The van der Waals surface area contributed by atoms with Crippen molar-refractivity contribution in [3.05, 3.63) is 53.0 Å². The van der Waals surface area contributed by atoms with Crippen LogP contribution < -0.4 is 0 Å². The van der Waals surface area contributed by atoms with Crippen LogP contribution in [0.5, 0.6) is 0 Å². The zero-order chi connectivity index (χ0) is 18.5. The van der Waals surface area contributed by atoms with E-state index in [1.54, 1.807) is 11.0 Å². The van der Waals surface area contributed by atoms with Crippen LogP contribution in [0.3, 0.4) is 0 Å². The highest BCUT2D eigenvalue weighted by molar-refractivity contribution is 8.26. The number of carbonyl (C=O) groups is 2. The molecule has 7 heteroatoms. The molecular weight excluding hydrogens is 366 g/mol. The van der Waals surface area contributed by atoms with Crippen LogP contribution in [0.15, 0.2) is 47.4 Å². The third-order valence-corrected chi connectivity index (χ3v) is 5.75. The van der Waals surface area contributed by atoms with Crippen LogP contribution in [0.4, 0.5) is 0 Å². The van der Waals surface area contributed by atoms with Crippen LogP contribution in [0.1, 0.15) is 5.56 Å². The van der Waals surface area contributed by atoms with Crippen molar-refractivity contribution in [3.8, 4) is 0 Å². The van der Waals surface area contributed by atoms with E-state index < -0.39 is 0 Å². The first-order valence-corrected chi connectivity index (χ1v) is 9.70. The molecular formula is C19H21N3O2S2. The smallest absolute Gasteiger partial charge is 0.266 e. The maximum absolute atomic E-state index is 12.6. The molecule has 1 aromatic carbocycles. The molecule has 0 saturated carbocycles. The molecule has 0 radical (unpaired) electrons. The zero-order valence-electron chi connectivity index (χ0n) is 14.6. The fourth-order valence-corrected chi connectivity index (χ4v) is 3.96. The van der Waals surface area contributed by atoms with Gasteiger partial charge in [-0.2, -0.15) is 0 Å². The predicted molar refractivity (Wildman–Crippen MR) is 110 cm³/mol. The van der Waals surface area contributed by atoms with Crippen molar-refractivity contribution in [3.63, 3.8) is 0 Å². The third kappa shape index (κ3) is 4.60. The molecule has 2 aliphatic heterocycles. The molecule has 136 valence electrons. The molecule has 3 rings (SSSR count). The van der Waals surface area contributed by atoms with Gasteiger partial charge in [0.2, 0.25) is 5.91 Å². The molecule has 1 aromatic rings. The number of allylic oxidation sites excluding steroid dienone is 2. The Hall–Kier alpha value is -1.96. The minimum Gasteiger partial charge on any atom is -0.339 e. The average molecular weight is 388 g/mol. The van der Waals surface area contributed by atoms with Gasteiger partial charge in [0.15, 0.2) is 0 Å². The molecule has 0 bridgehead atoms. The maximum Gasteiger partial charge on any atom is 0.266 e. The number of benzene rings is 1. The Morgan fingerprint density at radius 2 is 1.88 bits per heavy atom. The Labute approximate surface area is 163 Å². The molecule has 2 saturated heterocycles. The van der Waals surface area contributed by atoms with E-state index in [-0.39, 0.29) is 18.4 Å². The average Bonchev–Trinajstić information content (AvgIpc) is 2.91. The molecule has 2 amide bonds. The number of likely N-dealkylation sites (N-methyl/N-ethyl adjacent to an activating group) is 1. The van der Waals surface area contributed by atoms with E-state index in [9.17, 15) is 9.59 Å². The van der Waals surface area contributed by atoms with Crippen LogP contribution in [0, 0.1) is 0 Å². The van der Waals surface area contributed by atoms with Gasteiger partial charge in [-0.1, -0.05) is 66.5 Å². The summed E-state index contributed by atoms with van der Waals surface area (Å²) in [6, 6.07) is 9.86. The van der Waals surface area contributed by atoms with E-state index >= 15 is 0 Å². The minimum atomic E-state index is -0.194. The van der Waals surface area contributed by atoms with Crippen molar-refractivity contribution in [1.82, 2.24) is 14.7 Å². The van der Waals surface area contributed by atoms with E-state index in [1.807, 2.05) is 49.5 Å². The molecule has 26 heavy (non-hydrogen) atoms. The van der Waals surface area contributed by atoms with Crippen molar-refractivity contribution in [2.75, 3.05) is 39.8 Å². The fraction of sp³-hybridized carbons (Fsp3) is 0.316. The lowest BCUT2D eigenvalue weighted by Crippen LogP contribution is -2.50. The van der Waals surface area contributed by atoms with Crippen molar-refractivity contribution >= 4 is 46.2 Å². The van der Waals surface area contributed by atoms with Gasteiger partial charge in [-0.3, -0.25) is 14.5 Å². The zero-order valence-corrected chi connectivity index (χ0v) is 16.3. The lowest BCUT2D eigenvalue weighted by atomic mass is 10.2. The Kier molecular flexibility index (Phi) is 6.24. The van der Waals surface area contributed by atoms with Gasteiger partial charge in [-0.05, 0) is 18.7 Å². The molecule has 5 nitrogen and oxygen atoms in total.